The third-order valence-corrected chi connectivity index (χ3v) is 4.19. The quantitative estimate of drug-likeness (QED) is 0.530. The van der Waals surface area contributed by atoms with E-state index in [4.69, 9.17) is 10.5 Å². The first-order valence-electron chi connectivity index (χ1n) is 7.25. The van der Waals surface area contributed by atoms with Crippen molar-refractivity contribution in [2.24, 2.45) is 0 Å². The van der Waals surface area contributed by atoms with E-state index >= 15 is 0 Å². The maximum absolute atomic E-state index is 5.87. The predicted octanol–water partition coefficient (Wildman–Crippen LogP) is 2.85. The number of hydrogen-bond acceptors (Lipinski definition) is 7. The van der Waals surface area contributed by atoms with E-state index in [0.29, 0.717) is 17.3 Å². The molecule has 3 heterocycles. The van der Waals surface area contributed by atoms with Crippen molar-refractivity contribution in [1.29, 1.82) is 0 Å². The van der Waals surface area contributed by atoms with Gasteiger partial charge in [-0.3, -0.25) is 0 Å². The average molecular weight is 330 g/mol. The van der Waals surface area contributed by atoms with Gasteiger partial charge in [-0.2, -0.15) is 9.61 Å². The fourth-order valence-electron chi connectivity index (χ4n) is 2.10. The van der Waals surface area contributed by atoms with Crippen LogP contribution in [0.1, 0.15) is 13.3 Å². The molecule has 3 aromatic heterocycles. The van der Waals surface area contributed by atoms with Crippen molar-refractivity contribution in [1.82, 2.24) is 19.6 Å². The summed E-state index contributed by atoms with van der Waals surface area (Å²) >= 11 is 1.62. The van der Waals surface area contributed by atoms with Crippen molar-refractivity contribution in [3.63, 3.8) is 0 Å². The highest BCUT2D eigenvalue weighted by Gasteiger charge is 2.10. The molecule has 0 saturated heterocycles. The van der Waals surface area contributed by atoms with E-state index in [-0.39, 0.29) is 0 Å². The minimum atomic E-state index is 0.500. The first-order valence-corrected chi connectivity index (χ1v) is 8.24. The number of fused-ring (bicyclic) bond motifs is 1. The summed E-state index contributed by atoms with van der Waals surface area (Å²) in [5, 5.41) is 4.51. The van der Waals surface area contributed by atoms with Crippen LogP contribution in [-0.4, -0.2) is 32.4 Å². The van der Waals surface area contributed by atoms with E-state index in [1.54, 1.807) is 36.0 Å². The molecule has 0 bridgehead atoms. The van der Waals surface area contributed by atoms with Gasteiger partial charge in [0, 0.05) is 17.5 Å². The predicted molar refractivity (Wildman–Crippen MR) is 93.6 cm³/mol. The van der Waals surface area contributed by atoms with Crippen LogP contribution in [0.15, 0.2) is 30.6 Å². The van der Waals surface area contributed by atoms with Gasteiger partial charge in [-0.15, -0.1) is 0 Å². The van der Waals surface area contributed by atoms with Gasteiger partial charge in [0.2, 0.25) is 5.88 Å². The molecule has 0 spiro atoms. The average Bonchev–Trinajstić information content (AvgIpc) is 2.96. The molecule has 0 fully saturated rings. The molecule has 8 heteroatoms. The summed E-state index contributed by atoms with van der Waals surface area (Å²) in [5.41, 5.74) is 9.04. The Hall–Kier alpha value is -2.48. The second-order valence-electron chi connectivity index (χ2n) is 4.90. The van der Waals surface area contributed by atoms with Crippen LogP contribution in [-0.2, 0) is 0 Å². The molecule has 7 nitrogen and oxygen atoms in total. The molecule has 0 atom stereocenters. The van der Waals surface area contributed by atoms with Gasteiger partial charge >= 0.3 is 0 Å². The van der Waals surface area contributed by atoms with Crippen molar-refractivity contribution in [2.75, 3.05) is 23.3 Å². The van der Waals surface area contributed by atoms with E-state index in [1.165, 1.54) is 0 Å². The van der Waals surface area contributed by atoms with E-state index in [1.807, 2.05) is 18.2 Å². The summed E-state index contributed by atoms with van der Waals surface area (Å²) in [6.45, 7) is 2.13. The minimum absolute atomic E-state index is 0.500. The number of nitrogen functional groups attached to an aromatic ring is 1. The second kappa shape index (κ2) is 6.74. The highest BCUT2D eigenvalue weighted by molar-refractivity contribution is 8.00. The van der Waals surface area contributed by atoms with Crippen LogP contribution < -0.4 is 15.2 Å². The minimum Gasteiger partial charge on any atom is -0.480 e. The third kappa shape index (κ3) is 3.16. The normalized spacial score (nSPS) is 10.9. The fourth-order valence-corrected chi connectivity index (χ4v) is 2.71. The molecule has 3 N–H and O–H groups in total. The van der Waals surface area contributed by atoms with Gasteiger partial charge in [0.25, 0.3) is 0 Å². The smallest absolute Gasteiger partial charge is 0.237 e. The van der Waals surface area contributed by atoms with Crippen LogP contribution in [0.25, 0.3) is 16.9 Å². The van der Waals surface area contributed by atoms with Crippen LogP contribution in [0.3, 0.4) is 0 Å². The Morgan fingerprint density at radius 2 is 2.17 bits per heavy atom. The molecule has 3 rings (SSSR count). The molecule has 120 valence electrons. The van der Waals surface area contributed by atoms with Crippen LogP contribution in [0.4, 0.5) is 11.5 Å². The number of nitrogens with one attached hydrogen (secondary N) is 1. The Bertz CT molecular complexity index is 819. The van der Waals surface area contributed by atoms with Gasteiger partial charge < -0.3 is 15.2 Å². The zero-order valence-corrected chi connectivity index (χ0v) is 13.8. The Kier molecular flexibility index (Phi) is 4.52. The molecule has 0 unspecified atom stereocenters. The molecule has 0 amide bonds. The lowest BCUT2D eigenvalue weighted by Crippen LogP contribution is -2.00. The molecule has 23 heavy (non-hydrogen) atoms. The second-order valence-corrected chi connectivity index (χ2v) is 5.80. The van der Waals surface area contributed by atoms with Crippen molar-refractivity contribution >= 4 is 29.1 Å². The number of pyridine rings is 1. The van der Waals surface area contributed by atoms with Gasteiger partial charge in [-0.25, -0.2) is 9.97 Å². The molecule has 0 saturated carbocycles. The maximum Gasteiger partial charge on any atom is 0.237 e. The summed E-state index contributed by atoms with van der Waals surface area (Å²) in [6, 6.07) is 5.74. The van der Waals surface area contributed by atoms with E-state index < -0.39 is 0 Å². The molecule has 0 aromatic carbocycles. The lowest BCUT2D eigenvalue weighted by Gasteiger charge is -2.11. The summed E-state index contributed by atoms with van der Waals surface area (Å²) in [6.07, 6.45) is 4.41. The van der Waals surface area contributed by atoms with Crippen molar-refractivity contribution in [3.8, 4) is 17.1 Å². The maximum atomic E-state index is 5.87. The largest absolute Gasteiger partial charge is 0.480 e. The van der Waals surface area contributed by atoms with Gasteiger partial charge in [-0.1, -0.05) is 18.9 Å². The molecule has 0 radical (unpaired) electrons. The van der Waals surface area contributed by atoms with Gasteiger partial charge in [0.1, 0.15) is 11.5 Å². The molecule has 0 aliphatic heterocycles. The molecule has 0 aliphatic carbocycles. The zero-order chi connectivity index (χ0) is 16.2. The fraction of sp³-hybridized carbons (Fsp3) is 0.267. The molecule has 0 aliphatic rings. The summed E-state index contributed by atoms with van der Waals surface area (Å²) in [7, 11) is 1.61. The first kappa shape index (κ1) is 15.4. The number of hydrogen-bond donors (Lipinski definition) is 2. The van der Waals surface area contributed by atoms with Gasteiger partial charge in [0.05, 0.1) is 19.0 Å². The highest BCUT2D eigenvalue weighted by atomic mass is 32.2. The monoisotopic (exact) mass is 330 g/mol. The Morgan fingerprint density at radius 3 is 2.96 bits per heavy atom. The topological polar surface area (TPSA) is 90.4 Å². The lowest BCUT2D eigenvalue weighted by atomic mass is 10.2. The third-order valence-electron chi connectivity index (χ3n) is 3.22. The number of methoxy groups -OCH3 is 1. The molecular formula is C15H18N6OS. The first-order chi connectivity index (χ1) is 11.2. The summed E-state index contributed by atoms with van der Waals surface area (Å²) in [5.74, 6) is 2.06. The number of nitrogens with zero attached hydrogens (tertiary/aromatic N) is 4. The molecular weight excluding hydrogens is 312 g/mol. The van der Waals surface area contributed by atoms with E-state index in [0.717, 1.165) is 29.1 Å². The van der Waals surface area contributed by atoms with Crippen LogP contribution >= 0.6 is 11.9 Å². The number of aromatic nitrogens is 4. The highest BCUT2D eigenvalue weighted by Crippen LogP contribution is 2.29. The number of nitrogens with two attached hydrogens (primary N) is 1. The Labute approximate surface area is 138 Å². The lowest BCUT2D eigenvalue weighted by molar-refractivity contribution is 0.400. The van der Waals surface area contributed by atoms with E-state index in [9.17, 15) is 0 Å². The number of anilines is 2. The standard InChI is InChI=1S/C15H18N6OS/c1-3-6-23-20-12-7-10(8-18-15(12)22-2)11-4-5-14-17-9-13(16)21(14)19-11/h4-5,7-9,20H,3,6,16H2,1-2H3. The van der Waals surface area contributed by atoms with Gasteiger partial charge in [0.15, 0.2) is 5.65 Å². The van der Waals surface area contributed by atoms with Crippen LogP contribution in [0.5, 0.6) is 5.88 Å². The summed E-state index contributed by atoms with van der Waals surface area (Å²) in [4.78, 5) is 8.52. The van der Waals surface area contributed by atoms with Crippen molar-refractivity contribution in [3.05, 3.63) is 30.6 Å². The van der Waals surface area contributed by atoms with Crippen LogP contribution in [0, 0.1) is 0 Å². The summed E-state index contributed by atoms with van der Waals surface area (Å²) < 4.78 is 10.2. The zero-order valence-electron chi connectivity index (χ0n) is 13.0. The van der Waals surface area contributed by atoms with Crippen molar-refractivity contribution in [2.45, 2.75) is 13.3 Å². The Morgan fingerprint density at radius 1 is 1.30 bits per heavy atom. The van der Waals surface area contributed by atoms with Gasteiger partial charge in [-0.05, 0) is 24.6 Å². The van der Waals surface area contributed by atoms with Crippen LogP contribution in [0.2, 0.25) is 0 Å². The SMILES string of the molecule is CCCSNc1cc(-c2ccc3ncc(N)n3n2)cnc1OC. The van der Waals surface area contributed by atoms with E-state index in [2.05, 4.69) is 26.7 Å². The number of imidazole rings is 1. The van der Waals surface area contributed by atoms with Crippen molar-refractivity contribution < 1.29 is 4.74 Å². The Balaban J connectivity index is 1.96. The molecule has 3 aromatic rings. The number of ether oxygens (including phenoxy) is 1. The number of rotatable bonds is 6.